The number of anilines is 3. The molecule has 6 heteroatoms. The Morgan fingerprint density at radius 2 is 2.05 bits per heavy atom. The van der Waals surface area contributed by atoms with E-state index in [0.717, 1.165) is 21.4 Å². The van der Waals surface area contributed by atoms with Crippen LogP contribution >= 0.6 is 15.9 Å². The van der Waals surface area contributed by atoms with Gasteiger partial charge in [-0.1, -0.05) is 22.0 Å². The van der Waals surface area contributed by atoms with Gasteiger partial charge in [-0.15, -0.1) is 0 Å². The van der Waals surface area contributed by atoms with Crippen molar-refractivity contribution in [2.75, 3.05) is 11.1 Å². The number of hydrogen-bond donors (Lipinski definition) is 3. The van der Waals surface area contributed by atoms with Gasteiger partial charge in [-0.3, -0.25) is 4.79 Å². The van der Waals surface area contributed by atoms with Crippen molar-refractivity contribution in [2.24, 2.45) is 0 Å². The Bertz CT molecular complexity index is 888. The van der Waals surface area contributed by atoms with Crippen molar-refractivity contribution in [3.05, 3.63) is 57.0 Å². The molecule has 3 rings (SSSR count). The van der Waals surface area contributed by atoms with Crippen molar-refractivity contribution in [3.63, 3.8) is 0 Å². The number of aromatic nitrogens is 2. The number of fused-ring (bicyclic) bond motifs is 1. The minimum atomic E-state index is -0.197. The second-order valence-corrected chi connectivity index (χ2v) is 5.69. The maximum atomic E-state index is 11.7. The summed E-state index contributed by atoms with van der Waals surface area (Å²) in [6, 6.07) is 9.37. The molecule has 21 heavy (non-hydrogen) atoms. The van der Waals surface area contributed by atoms with Gasteiger partial charge in [0, 0.05) is 10.2 Å². The lowest BCUT2D eigenvalue weighted by molar-refractivity contribution is 1.17. The van der Waals surface area contributed by atoms with E-state index in [1.807, 2.05) is 25.1 Å². The van der Waals surface area contributed by atoms with Gasteiger partial charge in [0.2, 0.25) is 0 Å². The zero-order valence-electron chi connectivity index (χ0n) is 11.3. The molecule has 3 aromatic rings. The zero-order chi connectivity index (χ0) is 15.0. The standard InChI is InChI=1S/C15H13BrN4O/c1-8-2-3-9(16)4-12(8)20-14-6-13-10(5-11(14)17)15(21)19-7-18-13/h2-7,20H,17H2,1H3,(H,18,19,21). The Morgan fingerprint density at radius 3 is 2.86 bits per heavy atom. The molecule has 0 saturated heterocycles. The number of rotatable bonds is 2. The highest BCUT2D eigenvalue weighted by Gasteiger charge is 2.07. The summed E-state index contributed by atoms with van der Waals surface area (Å²) in [6.45, 7) is 2.01. The number of aromatic amines is 1. The third-order valence-electron chi connectivity index (χ3n) is 3.28. The Kier molecular flexibility index (Phi) is 3.39. The van der Waals surface area contributed by atoms with Crippen LogP contribution in [0.25, 0.3) is 10.9 Å². The highest BCUT2D eigenvalue weighted by Crippen LogP contribution is 2.29. The molecule has 0 amide bonds. The van der Waals surface area contributed by atoms with Gasteiger partial charge in [-0.2, -0.15) is 0 Å². The van der Waals surface area contributed by atoms with Crippen LogP contribution in [0, 0.1) is 6.92 Å². The Balaban J connectivity index is 2.10. The molecule has 0 unspecified atom stereocenters. The van der Waals surface area contributed by atoms with E-state index < -0.39 is 0 Å². The number of nitrogens with two attached hydrogens (primary N) is 1. The number of nitrogens with one attached hydrogen (secondary N) is 2. The minimum Gasteiger partial charge on any atom is -0.397 e. The molecule has 106 valence electrons. The Morgan fingerprint density at radius 1 is 1.24 bits per heavy atom. The monoisotopic (exact) mass is 344 g/mol. The van der Waals surface area contributed by atoms with Gasteiger partial charge in [0.1, 0.15) is 0 Å². The maximum absolute atomic E-state index is 11.7. The predicted octanol–water partition coefficient (Wildman–Crippen LogP) is 3.32. The molecule has 0 saturated carbocycles. The van der Waals surface area contributed by atoms with E-state index in [1.165, 1.54) is 6.33 Å². The lowest BCUT2D eigenvalue weighted by Gasteiger charge is -2.13. The smallest absolute Gasteiger partial charge is 0.258 e. The first-order valence-electron chi connectivity index (χ1n) is 6.34. The van der Waals surface area contributed by atoms with Gasteiger partial charge < -0.3 is 16.0 Å². The molecule has 1 aromatic heterocycles. The molecule has 0 radical (unpaired) electrons. The van der Waals surface area contributed by atoms with Gasteiger partial charge in [0.15, 0.2) is 0 Å². The fraction of sp³-hybridized carbons (Fsp3) is 0.0667. The zero-order valence-corrected chi connectivity index (χ0v) is 12.9. The molecule has 4 N–H and O–H groups in total. The fourth-order valence-corrected chi connectivity index (χ4v) is 2.48. The summed E-state index contributed by atoms with van der Waals surface area (Å²) in [4.78, 5) is 18.4. The summed E-state index contributed by atoms with van der Waals surface area (Å²) in [5.41, 5.74) is 9.70. The lowest BCUT2D eigenvalue weighted by atomic mass is 10.1. The second kappa shape index (κ2) is 5.21. The van der Waals surface area contributed by atoms with Crippen molar-refractivity contribution < 1.29 is 0 Å². The molecule has 0 aliphatic rings. The Hall–Kier alpha value is -2.34. The Labute approximate surface area is 129 Å². The van der Waals surface area contributed by atoms with Crippen molar-refractivity contribution >= 4 is 43.9 Å². The SMILES string of the molecule is Cc1ccc(Br)cc1Nc1cc2nc[nH]c(=O)c2cc1N. The molecule has 0 bridgehead atoms. The molecule has 0 atom stereocenters. The van der Waals surface area contributed by atoms with E-state index in [4.69, 9.17) is 5.73 Å². The quantitative estimate of drug-likeness (QED) is 0.622. The molecule has 0 aliphatic carbocycles. The third kappa shape index (κ3) is 2.62. The van der Waals surface area contributed by atoms with Crippen molar-refractivity contribution in [3.8, 4) is 0 Å². The molecule has 0 spiro atoms. The average molecular weight is 345 g/mol. The van der Waals surface area contributed by atoms with Crippen LogP contribution in [0.1, 0.15) is 5.56 Å². The fourth-order valence-electron chi connectivity index (χ4n) is 2.11. The van der Waals surface area contributed by atoms with E-state index in [9.17, 15) is 4.79 Å². The van der Waals surface area contributed by atoms with Gasteiger partial charge >= 0.3 is 0 Å². The van der Waals surface area contributed by atoms with Crippen LogP contribution in [0.2, 0.25) is 0 Å². The van der Waals surface area contributed by atoms with Crippen LogP contribution in [0.15, 0.2) is 45.9 Å². The van der Waals surface area contributed by atoms with Gasteiger partial charge in [0.25, 0.3) is 5.56 Å². The summed E-state index contributed by atoms with van der Waals surface area (Å²) < 4.78 is 0.976. The summed E-state index contributed by atoms with van der Waals surface area (Å²) in [5.74, 6) is 0. The highest BCUT2D eigenvalue weighted by molar-refractivity contribution is 9.10. The van der Waals surface area contributed by atoms with Gasteiger partial charge in [-0.25, -0.2) is 4.98 Å². The van der Waals surface area contributed by atoms with Crippen molar-refractivity contribution in [1.82, 2.24) is 9.97 Å². The van der Waals surface area contributed by atoms with Gasteiger partial charge in [-0.05, 0) is 36.8 Å². The highest BCUT2D eigenvalue weighted by atomic mass is 79.9. The molecule has 5 nitrogen and oxygen atoms in total. The average Bonchev–Trinajstić information content (AvgIpc) is 2.45. The number of hydrogen-bond acceptors (Lipinski definition) is 4. The van der Waals surface area contributed by atoms with Crippen LogP contribution < -0.4 is 16.6 Å². The van der Waals surface area contributed by atoms with Crippen LogP contribution in [-0.2, 0) is 0 Å². The summed E-state index contributed by atoms with van der Waals surface area (Å²) in [5, 5.41) is 3.76. The first-order chi connectivity index (χ1) is 10.0. The number of halogens is 1. The molecule has 0 aliphatic heterocycles. The van der Waals surface area contributed by atoms with E-state index in [1.54, 1.807) is 12.1 Å². The van der Waals surface area contributed by atoms with Crippen LogP contribution in [-0.4, -0.2) is 9.97 Å². The van der Waals surface area contributed by atoms with Crippen LogP contribution in [0.3, 0.4) is 0 Å². The summed E-state index contributed by atoms with van der Waals surface area (Å²) in [7, 11) is 0. The number of nitrogens with zero attached hydrogens (tertiary/aromatic N) is 1. The molecular formula is C15H13BrN4O. The molecular weight excluding hydrogens is 332 g/mol. The van der Waals surface area contributed by atoms with Crippen LogP contribution in [0.5, 0.6) is 0 Å². The summed E-state index contributed by atoms with van der Waals surface area (Å²) in [6.07, 6.45) is 1.38. The minimum absolute atomic E-state index is 0.197. The largest absolute Gasteiger partial charge is 0.397 e. The topological polar surface area (TPSA) is 83.8 Å². The second-order valence-electron chi connectivity index (χ2n) is 4.77. The van der Waals surface area contributed by atoms with E-state index >= 15 is 0 Å². The van der Waals surface area contributed by atoms with E-state index in [-0.39, 0.29) is 5.56 Å². The van der Waals surface area contributed by atoms with Crippen molar-refractivity contribution in [2.45, 2.75) is 6.92 Å². The van der Waals surface area contributed by atoms with Crippen molar-refractivity contribution in [1.29, 1.82) is 0 Å². The number of benzene rings is 2. The first-order valence-corrected chi connectivity index (χ1v) is 7.14. The maximum Gasteiger partial charge on any atom is 0.258 e. The predicted molar refractivity (Wildman–Crippen MR) is 88.9 cm³/mol. The first kappa shape index (κ1) is 13.6. The third-order valence-corrected chi connectivity index (χ3v) is 3.77. The summed E-state index contributed by atoms with van der Waals surface area (Å²) >= 11 is 3.45. The van der Waals surface area contributed by atoms with Gasteiger partial charge in [0.05, 0.1) is 28.6 Å². The number of H-pyrrole nitrogens is 1. The molecule has 0 fully saturated rings. The van der Waals surface area contributed by atoms with Crippen LogP contribution in [0.4, 0.5) is 17.1 Å². The number of nitrogen functional groups attached to an aromatic ring is 1. The normalized spacial score (nSPS) is 10.8. The number of aryl methyl sites for hydroxylation is 1. The lowest BCUT2D eigenvalue weighted by Crippen LogP contribution is -2.08. The molecule has 1 heterocycles. The van der Waals surface area contributed by atoms with E-state index in [2.05, 4.69) is 31.2 Å². The van der Waals surface area contributed by atoms with E-state index in [0.29, 0.717) is 16.6 Å². The molecule has 2 aromatic carbocycles.